The molecule has 1 fully saturated rings. The van der Waals surface area contributed by atoms with E-state index in [1.165, 1.54) is 40.7 Å². The van der Waals surface area contributed by atoms with Crippen molar-refractivity contribution in [3.63, 3.8) is 0 Å². The molecule has 2 aromatic rings. The molecule has 0 radical (unpaired) electrons. The zero-order chi connectivity index (χ0) is 23.6. The van der Waals surface area contributed by atoms with Crippen LogP contribution in [-0.4, -0.2) is 44.9 Å². The van der Waals surface area contributed by atoms with E-state index in [4.69, 9.17) is 0 Å². The number of hydrogen-bond donors (Lipinski definition) is 2. The highest BCUT2D eigenvalue weighted by atomic mass is 32.2. The molecule has 0 aliphatic carbocycles. The molecular formula is C22H29N3O5S2. The predicted molar refractivity (Wildman–Crippen MR) is 126 cm³/mol. The van der Waals surface area contributed by atoms with Gasteiger partial charge >= 0.3 is 0 Å². The lowest BCUT2D eigenvalue weighted by Gasteiger charge is -2.26. The highest BCUT2D eigenvalue weighted by molar-refractivity contribution is 7.94. The fourth-order valence-corrected chi connectivity index (χ4v) is 5.51. The minimum atomic E-state index is -3.60. The minimum Gasteiger partial charge on any atom is -0.322 e. The van der Waals surface area contributed by atoms with Crippen LogP contribution in [0.1, 0.15) is 50.4 Å². The Labute approximate surface area is 190 Å². The molecule has 0 spiro atoms. The average molecular weight is 480 g/mol. The maximum atomic E-state index is 12.9. The molecule has 1 aliphatic rings. The Balaban J connectivity index is 1.72. The number of sulfonamides is 2. The van der Waals surface area contributed by atoms with Gasteiger partial charge in [-0.05, 0) is 76.1 Å². The number of piperidine rings is 1. The van der Waals surface area contributed by atoms with Crippen molar-refractivity contribution < 1.29 is 21.6 Å². The Morgan fingerprint density at radius 2 is 1.50 bits per heavy atom. The lowest BCUT2D eigenvalue weighted by atomic mass is 10.2. The van der Waals surface area contributed by atoms with Crippen LogP contribution in [0, 0.1) is 0 Å². The summed E-state index contributed by atoms with van der Waals surface area (Å²) < 4.78 is 53.3. The smallest absolute Gasteiger partial charge is 0.255 e. The summed E-state index contributed by atoms with van der Waals surface area (Å²) in [5.41, 5.74) is 1.03. The quantitative estimate of drug-likeness (QED) is 0.657. The van der Waals surface area contributed by atoms with Crippen LogP contribution >= 0.6 is 0 Å². The third kappa shape index (κ3) is 5.48. The molecule has 0 unspecified atom stereocenters. The lowest BCUT2D eigenvalue weighted by molar-refractivity contribution is 0.102. The van der Waals surface area contributed by atoms with E-state index in [9.17, 15) is 21.6 Å². The summed E-state index contributed by atoms with van der Waals surface area (Å²) in [7, 11) is -7.18. The third-order valence-corrected chi connectivity index (χ3v) is 9.26. The van der Waals surface area contributed by atoms with Gasteiger partial charge in [0.15, 0.2) is 0 Å². The molecule has 1 aliphatic heterocycles. The second-order valence-corrected chi connectivity index (χ2v) is 13.1. The van der Waals surface area contributed by atoms with E-state index in [2.05, 4.69) is 10.0 Å². The summed E-state index contributed by atoms with van der Waals surface area (Å²) >= 11 is 0. The first-order valence-corrected chi connectivity index (χ1v) is 13.4. The fraction of sp³-hybridized carbons (Fsp3) is 0.409. The van der Waals surface area contributed by atoms with Crippen LogP contribution in [0.2, 0.25) is 0 Å². The van der Waals surface area contributed by atoms with Crippen molar-refractivity contribution in [2.45, 2.75) is 49.7 Å². The van der Waals surface area contributed by atoms with Gasteiger partial charge < -0.3 is 5.32 Å². The van der Waals surface area contributed by atoms with Gasteiger partial charge in [0, 0.05) is 30.0 Å². The molecule has 8 nitrogen and oxygen atoms in total. The summed E-state index contributed by atoms with van der Waals surface area (Å²) in [6.07, 6.45) is 2.72. The number of rotatable bonds is 6. The SMILES string of the molecule is CC(C)(C)S(=O)(=O)Nc1ccc(C(=O)Nc2cccc(S(=O)(=O)N3CCCCC3)c2)cc1. The summed E-state index contributed by atoms with van der Waals surface area (Å²) in [4.78, 5) is 12.8. The summed E-state index contributed by atoms with van der Waals surface area (Å²) in [6, 6.07) is 12.2. The van der Waals surface area contributed by atoms with Crippen molar-refractivity contribution in [2.75, 3.05) is 23.1 Å². The van der Waals surface area contributed by atoms with Crippen molar-refractivity contribution in [1.82, 2.24) is 4.31 Å². The van der Waals surface area contributed by atoms with E-state index < -0.39 is 30.7 Å². The van der Waals surface area contributed by atoms with Crippen LogP contribution in [0.3, 0.4) is 0 Å². The van der Waals surface area contributed by atoms with Gasteiger partial charge in [0.2, 0.25) is 20.0 Å². The van der Waals surface area contributed by atoms with Gasteiger partial charge in [-0.3, -0.25) is 9.52 Å². The summed E-state index contributed by atoms with van der Waals surface area (Å²) in [5.74, 6) is -0.428. The fourth-order valence-electron chi connectivity index (χ4n) is 3.19. The van der Waals surface area contributed by atoms with E-state index in [1.54, 1.807) is 32.9 Å². The Hall–Kier alpha value is -2.43. The molecule has 2 aromatic carbocycles. The normalized spacial score (nSPS) is 15.8. The number of nitrogens with zero attached hydrogens (tertiary/aromatic N) is 1. The van der Waals surface area contributed by atoms with Crippen molar-refractivity contribution in [3.05, 3.63) is 54.1 Å². The topological polar surface area (TPSA) is 113 Å². The molecule has 10 heteroatoms. The Morgan fingerprint density at radius 3 is 2.09 bits per heavy atom. The highest BCUT2D eigenvalue weighted by Gasteiger charge is 2.29. The highest BCUT2D eigenvalue weighted by Crippen LogP contribution is 2.24. The van der Waals surface area contributed by atoms with Crippen LogP contribution in [0.15, 0.2) is 53.4 Å². The molecule has 1 saturated heterocycles. The van der Waals surface area contributed by atoms with E-state index in [0.717, 1.165) is 19.3 Å². The van der Waals surface area contributed by atoms with Gasteiger partial charge in [-0.1, -0.05) is 12.5 Å². The number of hydrogen-bond acceptors (Lipinski definition) is 5. The minimum absolute atomic E-state index is 0.143. The molecule has 0 aromatic heterocycles. The van der Waals surface area contributed by atoms with Gasteiger partial charge in [-0.2, -0.15) is 4.31 Å². The van der Waals surface area contributed by atoms with E-state index in [1.807, 2.05) is 0 Å². The summed E-state index contributed by atoms with van der Waals surface area (Å²) in [5, 5.41) is 2.71. The molecule has 0 bridgehead atoms. The van der Waals surface area contributed by atoms with Crippen molar-refractivity contribution in [3.8, 4) is 0 Å². The number of anilines is 2. The van der Waals surface area contributed by atoms with Gasteiger partial charge in [0.25, 0.3) is 5.91 Å². The Morgan fingerprint density at radius 1 is 0.875 bits per heavy atom. The monoisotopic (exact) mass is 479 g/mol. The number of carbonyl (C=O) groups excluding carboxylic acids is 1. The maximum Gasteiger partial charge on any atom is 0.255 e. The van der Waals surface area contributed by atoms with E-state index in [-0.39, 0.29) is 4.90 Å². The number of amides is 1. The zero-order valence-corrected chi connectivity index (χ0v) is 20.1. The first-order valence-electron chi connectivity index (χ1n) is 10.4. The van der Waals surface area contributed by atoms with Gasteiger partial charge in [0.1, 0.15) is 0 Å². The largest absolute Gasteiger partial charge is 0.322 e. The first-order chi connectivity index (χ1) is 14.9. The molecule has 2 N–H and O–H groups in total. The Bertz CT molecular complexity index is 1180. The molecule has 1 heterocycles. The van der Waals surface area contributed by atoms with E-state index >= 15 is 0 Å². The molecule has 1 amide bonds. The van der Waals surface area contributed by atoms with Crippen molar-refractivity contribution in [1.29, 1.82) is 0 Å². The molecule has 0 saturated carbocycles. The average Bonchev–Trinajstić information content (AvgIpc) is 2.74. The van der Waals surface area contributed by atoms with Gasteiger partial charge in [-0.25, -0.2) is 16.8 Å². The molecule has 174 valence electrons. The predicted octanol–water partition coefficient (Wildman–Crippen LogP) is 3.65. The molecular weight excluding hydrogens is 450 g/mol. The van der Waals surface area contributed by atoms with Gasteiger partial charge in [-0.15, -0.1) is 0 Å². The van der Waals surface area contributed by atoms with E-state index in [0.29, 0.717) is 30.0 Å². The van der Waals surface area contributed by atoms with Gasteiger partial charge in [0.05, 0.1) is 9.64 Å². The second-order valence-electron chi connectivity index (χ2n) is 8.74. The molecule has 32 heavy (non-hydrogen) atoms. The number of nitrogens with one attached hydrogen (secondary N) is 2. The Kier molecular flexibility index (Phi) is 6.97. The van der Waals surface area contributed by atoms with Crippen molar-refractivity contribution >= 4 is 37.3 Å². The molecule has 3 rings (SSSR count). The van der Waals surface area contributed by atoms with Crippen LogP contribution in [-0.2, 0) is 20.0 Å². The lowest BCUT2D eigenvalue weighted by Crippen LogP contribution is -2.35. The van der Waals surface area contributed by atoms with Crippen LogP contribution < -0.4 is 10.0 Å². The number of benzene rings is 2. The molecule has 0 atom stereocenters. The van der Waals surface area contributed by atoms with Crippen molar-refractivity contribution in [2.24, 2.45) is 0 Å². The maximum absolute atomic E-state index is 12.9. The first kappa shape index (κ1) is 24.2. The number of carbonyl (C=O) groups is 1. The van der Waals surface area contributed by atoms with Crippen LogP contribution in [0.4, 0.5) is 11.4 Å². The second kappa shape index (κ2) is 9.21. The van der Waals surface area contributed by atoms with Crippen LogP contribution in [0.5, 0.6) is 0 Å². The summed E-state index contributed by atoms with van der Waals surface area (Å²) in [6.45, 7) is 5.79. The third-order valence-electron chi connectivity index (χ3n) is 5.25. The zero-order valence-electron chi connectivity index (χ0n) is 18.5. The van der Waals surface area contributed by atoms with Crippen LogP contribution in [0.25, 0.3) is 0 Å². The standard InChI is InChI=1S/C22H29N3O5S2/c1-22(2,3)32(29,30)24-18-12-10-17(11-13-18)21(26)23-19-8-7-9-20(16-19)31(27,28)25-14-5-4-6-15-25/h7-13,16,24H,4-6,14-15H2,1-3H3,(H,23,26).